The summed E-state index contributed by atoms with van der Waals surface area (Å²) in [7, 11) is -0.677. The minimum Gasteiger partial charge on any atom is -0.493 e. The van der Waals surface area contributed by atoms with Gasteiger partial charge in [0.2, 0.25) is 0 Å². The van der Waals surface area contributed by atoms with Crippen LogP contribution in [0, 0.1) is 6.92 Å². The van der Waals surface area contributed by atoms with E-state index in [0.29, 0.717) is 22.8 Å². The summed E-state index contributed by atoms with van der Waals surface area (Å²) in [5, 5.41) is 0. The minimum atomic E-state index is -3.74. The second kappa shape index (κ2) is 6.83. The summed E-state index contributed by atoms with van der Waals surface area (Å²) in [4.78, 5) is 0.169. The third-order valence-corrected chi connectivity index (χ3v) is 4.76. The SMILES string of the molecule is COc1ccc(/C(C)=N\S(=O)(=O)c2ccc(C)cc2)cc1OC. The second-order valence-electron chi connectivity index (χ2n) is 5.03. The number of hydrogen-bond donors (Lipinski definition) is 0. The lowest BCUT2D eigenvalue weighted by Gasteiger charge is -2.09. The van der Waals surface area contributed by atoms with Gasteiger partial charge in [0.15, 0.2) is 11.5 Å². The summed E-state index contributed by atoms with van der Waals surface area (Å²) in [6, 6.07) is 11.7. The third-order valence-electron chi connectivity index (χ3n) is 3.38. The Labute approximate surface area is 136 Å². The molecule has 2 rings (SSSR count). The first kappa shape index (κ1) is 17.0. The molecule has 5 nitrogen and oxygen atoms in total. The fourth-order valence-corrected chi connectivity index (χ4v) is 3.11. The lowest BCUT2D eigenvalue weighted by Crippen LogP contribution is -2.04. The van der Waals surface area contributed by atoms with Crippen LogP contribution in [0.2, 0.25) is 0 Å². The van der Waals surface area contributed by atoms with Gasteiger partial charge in [-0.25, -0.2) is 0 Å². The zero-order valence-corrected chi connectivity index (χ0v) is 14.3. The van der Waals surface area contributed by atoms with Crippen molar-refractivity contribution in [2.24, 2.45) is 4.40 Å². The quantitative estimate of drug-likeness (QED) is 0.788. The fourth-order valence-electron chi connectivity index (χ4n) is 2.06. The number of hydrogen-bond acceptors (Lipinski definition) is 4. The van der Waals surface area contributed by atoms with Gasteiger partial charge >= 0.3 is 0 Å². The molecule has 2 aromatic rings. The minimum absolute atomic E-state index is 0.169. The lowest BCUT2D eigenvalue weighted by atomic mass is 10.1. The van der Waals surface area contributed by atoms with Crippen LogP contribution in [-0.2, 0) is 10.0 Å². The van der Waals surface area contributed by atoms with Crippen LogP contribution < -0.4 is 9.47 Å². The molecular weight excluding hydrogens is 314 g/mol. The Morgan fingerprint density at radius 2 is 1.57 bits per heavy atom. The Hall–Kier alpha value is -2.34. The van der Waals surface area contributed by atoms with Gasteiger partial charge in [0.05, 0.1) is 24.8 Å². The maximum atomic E-state index is 12.4. The van der Waals surface area contributed by atoms with Gasteiger partial charge in [-0.3, -0.25) is 0 Å². The second-order valence-corrected chi connectivity index (χ2v) is 6.64. The Kier molecular flexibility index (Phi) is 5.05. The summed E-state index contributed by atoms with van der Waals surface area (Å²) in [5.74, 6) is 1.10. The zero-order chi connectivity index (χ0) is 17.0. The predicted octanol–water partition coefficient (Wildman–Crippen LogP) is 3.21. The molecule has 23 heavy (non-hydrogen) atoms. The summed E-state index contributed by atoms with van der Waals surface area (Å²) in [6.07, 6.45) is 0. The molecule has 0 saturated heterocycles. The normalized spacial score (nSPS) is 12.1. The molecule has 0 spiro atoms. The van der Waals surface area contributed by atoms with Gasteiger partial charge in [-0.15, -0.1) is 0 Å². The Balaban J connectivity index is 2.40. The highest BCUT2D eigenvalue weighted by molar-refractivity contribution is 7.90. The van der Waals surface area contributed by atoms with Crippen LogP contribution in [0.3, 0.4) is 0 Å². The van der Waals surface area contributed by atoms with E-state index in [1.807, 2.05) is 6.92 Å². The van der Waals surface area contributed by atoms with Crippen molar-refractivity contribution in [3.05, 3.63) is 53.6 Å². The van der Waals surface area contributed by atoms with Crippen molar-refractivity contribution >= 4 is 15.7 Å². The number of benzene rings is 2. The first-order valence-electron chi connectivity index (χ1n) is 6.98. The van der Waals surface area contributed by atoms with Gasteiger partial charge in [0, 0.05) is 5.56 Å². The smallest absolute Gasteiger partial charge is 0.282 e. The van der Waals surface area contributed by atoms with E-state index in [-0.39, 0.29) is 4.90 Å². The van der Waals surface area contributed by atoms with E-state index in [2.05, 4.69) is 4.40 Å². The average molecular weight is 333 g/mol. The van der Waals surface area contributed by atoms with E-state index in [4.69, 9.17) is 9.47 Å². The van der Waals surface area contributed by atoms with E-state index in [1.165, 1.54) is 7.11 Å². The predicted molar refractivity (Wildman–Crippen MR) is 90.1 cm³/mol. The molecule has 0 aliphatic carbocycles. The van der Waals surface area contributed by atoms with Crippen molar-refractivity contribution < 1.29 is 17.9 Å². The molecule has 0 bridgehead atoms. The molecule has 0 fully saturated rings. The van der Waals surface area contributed by atoms with Crippen LogP contribution in [0.4, 0.5) is 0 Å². The monoisotopic (exact) mass is 333 g/mol. The lowest BCUT2D eigenvalue weighted by molar-refractivity contribution is 0.355. The van der Waals surface area contributed by atoms with Crippen LogP contribution >= 0.6 is 0 Å². The van der Waals surface area contributed by atoms with E-state index < -0.39 is 10.0 Å². The van der Waals surface area contributed by atoms with Gasteiger partial charge < -0.3 is 9.47 Å². The van der Waals surface area contributed by atoms with Crippen LogP contribution in [0.5, 0.6) is 11.5 Å². The molecule has 0 amide bonds. The molecule has 0 heterocycles. The Bertz CT molecular complexity index is 824. The maximum absolute atomic E-state index is 12.4. The summed E-state index contributed by atoms with van der Waals surface area (Å²) in [5.41, 5.74) is 2.02. The number of methoxy groups -OCH3 is 2. The van der Waals surface area contributed by atoms with E-state index in [0.717, 1.165) is 5.56 Å². The number of ether oxygens (including phenoxy) is 2. The molecule has 2 aromatic carbocycles. The Morgan fingerprint density at radius 3 is 2.13 bits per heavy atom. The number of nitrogens with zero attached hydrogens (tertiary/aromatic N) is 1. The molecule has 0 saturated carbocycles. The number of rotatable bonds is 5. The highest BCUT2D eigenvalue weighted by Crippen LogP contribution is 2.28. The molecule has 0 aromatic heterocycles. The number of sulfonamides is 1. The molecule has 122 valence electrons. The van der Waals surface area contributed by atoms with Crippen LogP contribution in [0.15, 0.2) is 51.8 Å². The van der Waals surface area contributed by atoms with Crippen LogP contribution in [-0.4, -0.2) is 28.3 Å². The van der Waals surface area contributed by atoms with Crippen LogP contribution in [0.25, 0.3) is 0 Å². The topological polar surface area (TPSA) is 65.0 Å². The van der Waals surface area contributed by atoms with Gasteiger partial charge in [-0.1, -0.05) is 17.7 Å². The largest absolute Gasteiger partial charge is 0.493 e. The van der Waals surface area contributed by atoms with Gasteiger partial charge in [-0.2, -0.15) is 12.8 Å². The van der Waals surface area contributed by atoms with Crippen molar-refractivity contribution in [1.29, 1.82) is 0 Å². The van der Waals surface area contributed by atoms with Gasteiger partial charge in [0.1, 0.15) is 0 Å². The van der Waals surface area contributed by atoms with E-state index in [1.54, 1.807) is 56.5 Å². The summed E-state index contributed by atoms with van der Waals surface area (Å²) in [6.45, 7) is 3.54. The molecule has 0 atom stereocenters. The highest BCUT2D eigenvalue weighted by Gasteiger charge is 2.14. The molecule has 0 aliphatic heterocycles. The average Bonchev–Trinajstić information content (AvgIpc) is 2.54. The summed E-state index contributed by atoms with van der Waals surface area (Å²) >= 11 is 0. The van der Waals surface area contributed by atoms with Gasteiger partial charge in [0.25, 0.3) is 10.0 Å². The zero-order valence-electron chi connectivity index (χ0n) is 13.5. The Morgan fingerprint density at radius 1 is 0.957 bits per heavy atom. The van der Waals surface area contributed by atoms with Crippen molar-refractivity contribution in [2.45, 2.75) is 18.7 Å². The maximum Gasteiger partial charge on any atom is 0.282 e. The van der Waals surface area contributed by atoms with Crippen molar-refractivity contribution in [2.75, 3.05) is 14.2 Å². The van der Waals surface area contributed by atoms with Gasteiger partial charge in [-0.05, 0) is 44.2 Å². The highest BCUT2D eigenvalue weighted by atomic mass is 32.2. The van der Waals surface area contributed by atoms with Crippen LogP contribution in [0.1, 0.15) is 18.1 Å². The molecule has 0 N–H and O–H groups in total. The first-order valence-corrected chi connectivity index (χ1v) is 8.42. The standard InChI is InChI=1S/C17H19NO4S/c1-12-5-8-15(9-6-12)23(19,20)18-13(2)14-7-10-16(21-3)17(11-14)22-4/h5-11H,1-4H3/b18-13-. The first-order chi connectivity index (χ1) is 10.9. The fraction of sp³-hybridized carbons (Fsp3) is 0.235. The van der Waals surface area contributed by atoms with E-state index >= 15 is 0 Å². The molecule has 6 heteroatoms. The van der Waals surface area contributed by atoms with E-state index in [9.17, 15) is 8.42 Å². The third kappa shape index (κ3) is 3.90. The van der Waals surface area contributed by atoms with Crippen molar-refractivity contribution in [3.8, 4) is 11.5 Å². The molecule has 0 aliphatic rings. The number of aryl methyl sites for hydroxylation is 1. The van der Waals surface area contributed by atoms with Crippen molar-refractivity contribution in [1.82, 2.24) is 0 Å². The summed E-state index contributed by atoms with van der Waals surface area (Å²) < 4.78 is 39.0. The molecule has 0 radical (unpaired) electrons. The van der Waals surface area contributed by atoms with Crippen molar-refractivity contribution in [3.63, 3.8) is 0 Å². The molecular formula is C17H19NO4S. The molecule has 0 unspecified atom stereocenters.